The average molecular weight is 546 g/mol. The summed E-state index contributed by atoms with van der Waals surface area (Å²) in [6.45, 7) is 3.36. The van der Waals surface area contributed by atoms with Crippen molar-refractivity contribution in [1.29, 1.82) is 0 Å². The SMILES string of the molecule is CC(C)c1c(C(=O)Nc2cc(CC(=O)O)ccc2C(F)(F)F)cnn1CCOc1cc(F)cc(F)c1Cl. The van der Waals surface area contributed by atoms with Gasteiger partial charge in [0.1, 0.15) is 29.0 Å². The van der Waals surface area contributed by atoms with Gasteiger partial charge in [-0.2, -0.15) is 18.3 Å². The number of carbonyl (C=O) groups is 2. The zero-order chi connectivity index (χ0) is 27.5. The van der Waals surface area contributed by atoms with Crippen molar-refractivity contribution in [1.82, 2.24) is 9.78 Å². The molecule has 1 amide bonds. The number of carbonyl (C=O) groups excluding carboxylic acids is 1. The van der Waals surface area contributed by atoms with Crippen LogP contribution in [0.3, 0.4) is 0 Å². The van der Waals surface area contributed by atoms with E-state index in [1.165, 1.54) is 10.9 Å². The lowest BCUT2D eigenvalue weighted by Crippen LogP contribution is -2.20. The maximum absolute atomic E-state index is 13.6. The van der Waals surface area contributed by atoms with Gasteiger partial charge < -0.3 is 15.2 Å². The normalized spacial score (nSPS) is 11.6. The Morgan fingerprint density at radius 1 is 1.19 bits per heavy atom. The molecule has 3 rings (SSSR count). The van der Waals surface area contributed by atoms with Gasteiger partial charge in [0.25, 0.3) is 5.91 Å². The zero-order valence-electron chi connectivity index (χ0n) is 19.5. The molecular formula is C24H21ClF5N3O4. The minimum absolute atomic E-state index is 0.0124. The van der Waals surface area contributed by atoms with Crippen molar-refractivity contribution in [3.63, 3.8) is 0 Å². The number of amides is 1. The molecule has 0 aliphatic carbocycles. The van der Waals surface area contributed by atoms with Crippen LogP contribution in [-0.2, 0) is 23.9 Å². The van der Waals surface area contributed by atoms with E-state index in [1.807, 2.05) is 0 Å². The third kappa shape index (κ3) is 6.76. The Balaban J connectivity index is 1.84. The van der Waals surface area contributed by atoms with Gasteiger partial charge in [0, 0.05) is 12.1 Å². The summed E-state index contributed by atoms with van der Waals surface area (Å²) in [5.41, 5.74) is -1.31. The van der Waals surface area contributed by atoms with Crippen LogP contribution in [-0.4, -0.2) is 33.4 Å². The summed E-state index contributed by atoms with van der Waals surface area (Å²) in [4.78, 5) is 24.0. The molecule has 0 aliphatic rings. The van der Waals surface area contributed by atoms with E-state index in [1.54, 1.807) is 13.8 Å². The minimum Gasteiger partial charge on any atom is -0.490 e. The lowest BCUT2D eigenvalue weighted by atomic mass is 10.0. The molecule has 0 fully saturated rings. The summed E-state index contributed by atoms with van der Waals surface area (Å²) in [6, 6.07) is 4.21. The van der Waals surface area contributed by atoms with E-state index in [0.717, 1.165) is 18.2 Å². The summed E-state index contributed by atoms with van der Waals surface area (Å²) in [7, 11) is 0. The topological polar surface area (TPSA) is 93.5 Å². The van der Waals surface area contributed by atoms with Crippen LogP contribution in [0.4, 0.5) is 27.6 Å². The van der Waals surface area contributed by atoms with Crippen molar-refractivity contribution < 1.29 is 41.4 Å². The zero-order valence-corrected chi connectivity index (χ0v) is 20.3. The van der Waals surface area contributed by atoms with Gasteiger partial charge in [-0.3, -0.25) is 14.3 Å². The number of hydrogen-bond acceptors (Lipinski definition) is 4. The van der Waals surface area contributed by atoms with Crippen LogP contribution in [0.15, 0.2) is 36.5 Å². The molecule has 2 N–H and O–H groups in total. The predicted molar refractivity (Wildman–Crippen MR) is 124 cm³/mol. The van der Waals surface area contributed by atoms with Gasteiger partial charge in [0.2, 0.25) is 0 Å². The van der Waals surface area contributed by atoms with Crippen LogP contribution in [0, 0.1) is 11.6 Å². The molecule has 3 aromatic rings. The molecule has 0 atom stereocenters. The van der Waals surface area contributed by atoms with Crippen molar-refractivity contribution in [2.24, 2.45) is 0 Å². The van der Waals surface area contributed by atoms with Gasteiger partial charge in [0.15, 0.2) is 0 Å². The quantitative estimate of drug-likeness (QED) is 0.257. The number of aromatic nitrogens is 2. The Hall–Kier alpha value is -3.67. The molecule has 2 aromatic carbocycles. The summed E-state index contributed by atoms with van der Waals surface area (Å²) in [5.74, 6) is -4.55. The maximum atomic E-state index is 13.6. The molecule has 0 saturated carbocycles. The Morgan fingerprint density at radius 2 is 1.89 bits per heavy atom. The number of rotatable bonds is 9. The van der Waals surface area contributed by atoms with Crippen LogP contribution in [0.2, 0.25) is 5.02 Å². The number of anilines is 1. The van der Waals surface area contributed by atoms with Gasteiger partial charge in [-0.05, 0) is 23.6 Å². The number of hydrogen-bond donors (Lipinski definition) is 2. The van der Waals surface area contributed by atoms with Gasteiger partial charge >= 0.3 is 12.1 Å². The van der Waals surface area contributed by atoms with E-state index in [4.69, 9.17) is 21.4 Å². The number of carboxylic acid groups (broad SMARTS) is 1. The van der Waals surface area contributed by atoms with Crippen molar-refractivity contribution in [2.45, 2.75) is 38.9 Å². The molecular weight excluding hydrogens is 525 g/mol. The van der Waals surface area contributed by atoms with Crippen LogP contribution in [0.5, 0.6) is 5.75 Å². The Morgan fingerprint density at radius 3 is 2.51 bits per heavy atom. The first-order valence-corrected chi connectivity index (χ1v) is 11.2. The number of ether oxygens (including phenoxy) is 1. The van der Waals surface area contributed by atoms with Gasteiger partial charge in [-0.25, -0.2) is 8.78 Å². The second-order valence-electron chi connectivity index (χ2n) is 8.27. The Labute approximate surface area is 212 Å². The number of carboxylic acids is 1. The van der Waals surface area contributed by atoms with E-state index in [-0.39, 0.29) is 35.9 Å². The van der Waals surface area contributed by atoms with E-state index in [2.05, 4.69) is 10.4 Å². The number of nitrogens with one attached hydrogen (secondary N) is 1. The lowest BCUT2D eigenvalue weighted by molar-refractivity contribution is -0.137. The van der Waals surface area contributed by atoms with Crippen LogP contribution in [0.25, 0.3) is 0 Å². The van der Waals surface area contributed by atoms with Gasteiger partial charge in [0.05, 0.1) is 41.7 Å². The van der Waals surface area contributed by atoms with E-state index in [9.17, 15) is 31.5 Å². The monoisotopic (exact) mass is 545 g/mol. The highest BCUT2D eigenvalue weighted by molar-refractivity contribution is 6.32. The van der Waals surface area contributed by atoms with Crippen molar-refractivity contribution in [3.8, 4) is 5.75 Å². The molecule has 0 bridgehead atoms. The van der Waals surface area contributed by atoms with Crippen molar-refractivity contribution >= 4 is 29.2 Å². The Bertz CT molecular complexity index is 1320. The van der Waals surface area contributed by atoms with E-state index in [0.29, 0.717) is 17.8 Å². The summed E-state index contributed by atoms with van der Waals surface area (Å²) >= 11 is 5.78. The van der Waals surface area contributed by atoms with Crippen molar-refractivity contribution in [2.75, 3.05) is 11.9 Å². The molecule has 13 heteroatoms. The molecule has 0 unspecified atom stereocenters. The van der Waals surface area contributed by atoms with Gasteiger partial charge in [-0.15, -0.1) is 0 Å². The average Bonchev–Trinajstić information content (AvgIpc) is 3.20. The highest BCUT2D eigenvalue weighted by Gasteiger charge is 2.34. The lowest BCUT2D eigenvalue weighted by Gasteiger charge is -2.16. The molecule has 37 heavy (non-hydrogen) atoms. The standard InChI is InChI=1S/C24H21ClF5N3O4/c1-12(2)22-15(11-31-33(22)5-6-37-19-10-14(26)9-17(27)21(19)25)23(36)32-18-7-13(8-20(34)35)3-4-16(18)24(28,29)30/h3-4,7,9-12H,5-6,8H2,1-2H3,(H,32,36)(H,34,35). The number of halogens is 6. The molecule has 7 nitrogen and oxygen atoms in total. The highest BCUT2D eigenvalue weighted by atomic mass is 35.5. The molecule has 1 heterocycles. The third-order valence-corrected chi connectivity index (χ3v) is 5.55. The second-order valence-corrected chi connectivity index (χ2v) is 8.65. The van der Waals surface area contributed by atoms with Gasteiger partial charge in [-0.1, -0.05) is 31.5 Å². The van der Waals surface area contributed by atoms with Crippen LogP contribution in [0.1, 0.15) is 46.9 Å². The predicted octanol–water partition coefficient (Wildman–Crippen LogP) is 5.92. The van der Waals surface area contributed by atoms with E-state index >= 15 is 0 Å². The number of alkyl halides is 3. The maximum Gasteiger partial charge on any atom is 0.418 e. The summed E-state index contributed by atoms with van der Waals surface area (Å²) < 4.78 is 74.3. The molecule has 0 saturated heterocycles. The largest absolute Gasteiger partial charge is 0.490 e. The smallest absolute Gasteiger partial charge is 0.418 e. The first-order chi connectivity index (χ1) is 17.3. The van der Waals surface area contributed by atoms with Crippen LogP contribution < -0.4 is 10.1 Å². The molecule has 198 valence electrons. The summed E-state index contributed by atoms with van der Waals surface area (Å²) in [5, 5.41) is 14.9. The first kappa shape index (κ1) is 27.9. The Kier molecular flexibility index (Phi) is 8.42. The fourth-order valence-corrected chi connectivity index (χ4v) is 3.82. The highest BCUT2D eigenvalue weighted by Crippen LogP contribution is 2.36. The van der Waals surface area contributed by atoms with E-state index < -0.39 is 52.4 Å². The molecule has 0 radical (unpaired) electrons. The molecule has 0 aliphatic heterocycles. The minimum atomic E-state index is -4.80. The number of nitrogens with zero attached hydrogens (tertiary/aromatic N) is 2. The molecule has 1 aromatic heterocycles. The summed E-state index contributed by atoms with van der Waals surface area (Å²) in [6.07, 6.45) is -4.16. The second kappa shape index (κ2) is 11.2. The van der Waals surface area contributed by atoms with Crippen LogP contribution >= 0.6 is 11.6 Å². The fraction of sp³-hybridized carbons (Fsp3) is 0.292. The van der Waals surface area contributed by atoms with Crippen molar-refractivity contribution in [3.05, 3.63) is 75.6 Å². The molecule has 0 spiro atoms. The third-order valence-electron chi connectivity index (χ3n) is 5.18. The first-order valence-electron chi connectivity index (χ1n) is 10.8. The number of benzene rings is 2. The fourth-order valence-electron chi connectivity index (χ4n) is 3.65. The number of aliphatic carboxylic acids is 1.